The van der Waals surface area contributed by atoms with Gasteiger partial charge in [0.25, 0.3) is 0 Å². The van der Waals surface area contributed by atoms with Crippen molar-refractivity contribution >= 4 is 17.5 Å². The number of hydrogen-bond donors (Lipinski definition) is 1. The van der Waals surface area contributed by atoms with Crippen LogP contribution in [0.15, 0.2) is 24.3 Å². The molecule has 2 amide bonds. The van der Waals surface area contributed by atoms with Crippen LogP contribution in [0.1, 0.15) is 19.3 Å². The fourth-order valence-corrected chi connectivity index (χ4v) is 3.21. The molecule has 3 rings (SSSR count). The molecule has 2 fully saturated rings. The van der Waals surface area contributed by atoms with Crippen LogP contribution >= 0.6 is 0 Å². The highest BCUT2D eigenvalue weighted by atomic mass is 19.1. The predicted molar refractivity (Wildman–Crippen MR) is 91.8 cm³/mol. The molecule has 0 radical (unpaired) electrons. The second-order valence-corrected chi connectivity index (χ2v) is 6.39. The van der Waals surface area contributed by atoms with E-state index in [1.165, 1.54) is 12.1 Å². The maximum absolute atomic E-state index is 13.0. The van der Waals surface area contributed by atoms with E-state index in [9.17, 15) is 14.0 Å². The highest BCUT2D eigenvalue weighted by Crippen LogP contribution is 2.17. The summed E-state index contributed by atoms with van der Waals surface area (Å²) in [5.41, 5.74) is 0.970. The first-order chi connectivity index (χ1) is 12.1. The molecule has 0 aromatic heterocycles. The Morgan fingerprint density at radius 2 is 1.88 bits per heavy atom. The van der Waals surface area contributed by atoms with Crippen molar-refractivity contribution < 1.29 is 18.7 Å². The number of nitrogens with zero attached hydrogens (tertiary/aromatic N) is 2. The minimum atomic E-state index is -0.352. The number of benzene rings is 1. The number of anilines is 1. The summed E-state index contributed by atoms with van der Waals surface area (Å²) in [6, 6.07) is 6.41. The number of amides is 2. The Labute approximate surface area is 146 Å². The average molecular weight is 349 g/mol. The van der Waals surface area contributed by atoms with Gasteiger partial charge in [0.2, 0.25) is 11.8 Å². The summed E-state index contributed by atoms with van der Waals surface area (Å²) in [5, 5.41) is 2.78. The molecule has 1 atom stereocenters. The predicted octanol–water partition coefficient (Wildman–Crippen LogP) is 1.16. The number of hydrogen-bond acceptors (Lipinski definition) is 4. The second kappa shape index (κ2) is 8.29. The summed E-state index contributed by atoms with van der Waals surface area (Å²) in [6.45, 7) is 3.69. The Hall–Kier alpha value is -2.15. The molecule has 2 aliphatic rings. The molecule has 1 N–H and O–H groups in total. The molecule has 1 aromatic rings. The molecule has 0 unspecified atom stereocenters. The number of rotatable bonds is 5. The number of piperazine rings is 1. The van der Waals surface area contributed by atoms with Crippen LogP contribution in [0.25, 0.3) is 0 Å². The van der Waals surface area contributed by atoms with Gasteiger partial charge in [-0.15, -0.1) is 0 Å². The fraction of sp³-hybridized carbons (Fsp3) is 0.556. The third kappa shape index (κ3) is 4.69. The lowest BCUT2D eigenvalue weighted by atomic mass is 10.2. The van der Waals surface area contributed by atoms with Gasteiger partial charge in [0.15, 0.2) is 0 Å². The van der Waals surface area contributed by atoms with Crippen LogP contribution < -0.4 is 10.2 Å². The lowest BCUT2D eigenvalue weighted by molar-refractivity contribution is -0.132. The van der Waals surface area contributed by atoms with Crippen molar-refractivity contribution in [2.24, 2.45) is 0 Å². The van der Waals surface area contributed by atoms with E-state index >= 15 is 0 Å². The van der Waals surface area contributed by atoms with Gasteiger partial charge in [0.1, 0.15) is 11.9 Å². The Kier molecular flexibility index (Phi) is 5.86. The van der Waals surface area contributed by atoms with Gasteiger partial charge in [-0.05, 0) is 37.1 Å². The van der Waals surface area contributed by atoms with E-state index in [1.54, 1.807) is 12.1 Å². The molecule has 2 saturated heterocycles. The molecule has 25 heavy (non-hydrogen) atoms. The number of carbonyl (C=O) groups excluding carboxylic acids is 2. The first kappa shape index (κ1) is 17.7. The molecule has 0 bridgehead atoms. The van der Waals surface area contributed by atoms with Crippen LogP contribution in [-0.4, -0.2) is 62.1 Å². The summed E-state index contributed by atoms with van der Waals surface area (Å²) >= 11 is 0. The topological polar surface area (TPSA) is 61.9 Å². The number of halogens is 1. The van der Waals surface area contributed by atoms with Crippen molar-refractivity contribution in [2.75, 3.05) is 44.2 Å². The van der Waals surface area contributed by atoms with Crippen molar-refractivity contribution in [1.82, 2.24) is 10.2 Å². The minimum Gasteiger partial charge on any atom is -0.368 e. The maximum atomic E-state index is 13.0. The monoisotopic (exact) mass is 349 g/mol. The van der Waals surface area contributed by atoms with Crippen molar-refractivity contribution in [3.63, 3.8) is 0 Å². The zero-order valence-corrected chi connectivity index (χ0v) is 14.2. The lowest BCUT2D eigenvalue weighted by Crippen LogP contribution is -2.49. The first-order valence-electron chi connectivity index (χ1n) is 8.81. The van der Waals surface area contributed by atoms with Gasteiger partial charge >= 0.3 is 0 Å². The van der Waals surface area contributed by atoms with E-state index in [-0.39, 0.29) is 23.7 Å². The quantitative estimate of drug-likeness (QED) is 0.867. The van der Waals surface area contributed by atoms with Crippen molar-refractivity contribution in [1.29, 1.82) is 0 Å². The Morgan fingerprint density at radius 1 is 1.16 bits per heavy atom. The van der Waals surface area contributed by atoms with E-state index in [1.807, 2.05) is 4.90 Å². The Bertz CT molecular complexity index is 594. The second-order valence-electron chi connectivity index (χ2n) is 6.39. The summed E-state index contributed by atoms with van der Waals surface area (Å²) in [6.07, 6.45) is 1.62. The molecule has 0 aliphatic carbocycles. The highest BCUT2D eigenvalue weighted by molar-refractivity contribution is 5.82. The average Bonchev–Trinajstić information content (AvgIpc) is 3.17. The maximum Gasteiger partial charge on any atom is 0.249 e. The van der Waals surface area contributed by atoms with E-state index in [0.717, 1.165) is 31.6 Å². The van der Waals surface area contributed by atoms with Crippen molar-refractivity contribution in [3.8, 4) is 0 Å². The smallest absolute Gasteiger partial charge is 0.249 e. The summed E-state index contributed by atoms with van der Waals surface area (Å²) in [7, 11) is 0. The Balaban J connectivity index is 1.38. The lowest BCUT2D eigenvalue weighted by Gasteiger charge is -2.36. The van der Waals surface area contributed by atoms with Gasteiger partial charge in [-0.1, -0.05) is 0 Å². The van der Waals surface area contributed by atoms with Gasteiger partial charge in [-0.25, -0.2) is 4.39 Å². The van der Waals surface area contributed by atoms with Gasteiger partial charge < -0.3 is 19.9 Å². The molecule has 2 heterocycles. The number of carbonyl (C=O) groups is 2. The molecule has 0 spiro atoms. The number of ether oxygens (including phenoxy) is 1. The molecule has 0 saturated carbocycles. The van der Waals surface area contributed by atoms with Crippen molar-refractivity contribution in [2.45, 2.75) is 25.4 Å². The van der Waals surface area contributed by atoms with Crippen LogP contribution in [-0.2, 0) is 14.3 Å². The molecule has 2 aliphatic heterocycles. The number of nitrogens with one attached hydrogen (secondary N) is 1. The molecule has 136 valence electrons. The van der Waals surface area contributed by atoms with Crippen LogP contribution in [0.3, 0.4) is 0 Å². The van der Waals surface area contributed by atoms with Crippen molar-refractivity contribution in [3.05, 3.63) is 30.1 Å². The largest absolute Gasteiger partial charge is 0.368 e. The zero-order valence-electron chi connectivity index (χ0n) is 14.2. The van der Waals surface area contributed by atoms with Crippen LogP contribution in [0, 0.1) is 5.82 Å². The standard InChI is InChI=1S/C18H24FN3O3/c19-14-3-5-15(6-4-14)21-9-11-22(12-10-21)17(23)7-8-20-18(24)16-2-1-13-25-16/h3-6,16H,1-2,7-13H2,(H,20,24)/t16-/m1/s1. The molecule has 1 aromatic carbocycles. The van der Waals surface area contributed by atoms with Gasteiger partial charge in [0.05, 0.1) is 0 Å². The van der Waals surface area contributed by atoms with E-state index < -0.39 is 0 Å². The van der Waals surface area contributed by atoms with Gasteiger partial charge in [0, 0.05) is 51.4 Å². The van der Waals surface area contributed by atoms with E-state index in [0.29, 0.717) is 32.7 Å². The highest BCUT2D eigenvalue weighted by Gasteiger charge is 2.24. The van der Waals surface area contributed by atoms with Crippen LogP contribution in [0.4, 0.5) is 10.1 Å². The summed E-state index contributed by atoms with van der Waals surface area (Å²) in [4.78, 5) is 28.1. The zero-order chi connectivity index (χ0) is 17.6. The normalized spacial score (nSPS) is 20.6. The third-order valence-corrected chi connectivity index (χ3v) is 4.68. The molecular weight excluding hydrogens is 325 g/mol. The van der Waals surface area contributed by atoms with Crippen LogP contribution in [0.5, 0.6) is 0 Å². The van der Waals surface area contributed by atoms with Gasteiger partial charge in [-0.2, -0.15) is 0 Å². The van der Waals surface area contributed by atoms with E-state index in [4.69, 9.17) is 4.74 Å². The minimum absolute atomic E-state index is 0.0476. The summed E-state index contributed by atoms with van der Waals surface area (Å²) in [5.74, 6) is -0.319. The third-order valence-electron chi connectivity index (χ3n) is 4.68. The van der Waals surface area contributed by atoms with Gasteiger partial charge in [-0.3, -0.25) is 9.59 Å². The molecule has 7 heteroatoms. The molecule has 6 nitrogen and oxygen atoms in total. The molecular formula is C18H24FN3O3. The Morgan fingerprint density at radius 3 is 2.52 bits per heavy atom. The van der Waals surface area contributed by atoms with Crippen LogP contribution in [0.2, 0.25) is 0 Å². The fourth-order valence-electron chi connectivity index (χ4n) is 3.21. The first-order valence-corrected chi connectivity index (χ1v) is 8.81. The van der Waals surface area contributed by atoms with E-state index in [2.05, 4.69) is 10.2 Å². The summed E-state index contributed by atoms with van der Waals surface area (Å²) < 4.78 is 18.3. The SMILES string of the molecule is O=C(NCCC(=O)N1CCN(c2ccc(F)cc2)CC1)[C@H]1CCCO1.